The maximum absolute atomic E-state index is 12.0. The molecule has 0 radical (unpaired) electrons. The topological polar surface area (TPSA) is 75.7 Å². The van der Waals surface area contributed by atoms with Gasteiger partial charge in [0.2, 0.25) is 11.8 Å². The highest BCUT2D eigenvalue weighted by molar-refractivity contribution is 6.33. The minimum Gasteiger partial charge on any atom is -0.465 e. The van der Waals surface area contributed by atoms with Gasteiger partial charge in [-0.05, 0) is 24.6 Å². The van der Waals surface area contributed by atoms with Crippen molar-refractivity contribution in [2.75, 3.05) is 25.5 Å². The second kappa shape index (κ2) is 9.15. The van der Waals surface area contributed by atoms with E-state index in [-0.39, 0.29) is 18.2 Å². The molecule has 23 heavy (non-hydrogen) atoms. The summed E-state index contributed by atoms with van der Waals surface area (Å²) in [6, 6.07) is 4.49. The molecule has 1 aromatic carbocycles. The Morgan fingerprint density at radius 2 is 1.96 bits per heavy atom. The summed E-state index contributed by atoms with van der Waals surface area (Å²) in [5.41, 5.74) is 0.632. The van der Waals surface area contributed by atoms with E-state index in [9.17, 15) is 14.4 Å². The molecule has 6 nitrogen and oxygen atoms in total. The van der Waals surface area contributed by atoms with Gasteiger partial charge in [-0.3, -0.25) is 9.59 Å². The zero-order valence-corrected chi connectivity index (χ0v) is 14.3. The van der Waals surface area contributed by atoms with Crippen LogP contribution in [0.4, 0.5) is 5.69 Å². The molecule has 0 aliphatic rings. The molecule has 126 valence electrons. The van der Waals surface area contributed by atoms with Gasteiger partial charge in [-0.1, -0.05) is 18.5 Å². The summed E-state index contributed by atoms with van der Waals surface area (Å²) in [6.45, 7) is 4.39. The van der Waals surface area contributed by atoms with Crippen molar-refractivity contribution in [2.24, 2.45) is 0 Å². The van der Waals surface area contributed by atoms with Crippen LogP contribution in [-0.4, -0.2) is 42.9 Å². The third kappa shape index (κ3) is 5.90. The van der Waals surface area contributed by atoms with E-state index in [2.05, 4.69) is 10.1 Å². The summed E-state index contributed by atoms with van der Waals surface area (Å²) in [4.78, 5) is 36.6. The fourth-order valence-corrected chi connectivity index (χ4v) is 2.18. The second-order valence-electron chi connectivity index (χ2n) is 4.99. The molecule has 0 aliphatic heterocycles. The molecule has 1 aromatic rings. The van der Waals surface area contributed by atoms with E-state index in [0.29, 0.717) is 29.4 Å². The molecule has 0 spiro atoms. The molecule has 0 unspecified atom stereocenters. The molecule has 1 rings (SSSR count). The van der Waals surface area contributed by atoms with E-state index in [0.717, 1.165) is 6.42 Å². The van der Waals surface area contributed by atoms with Gasteiger partial charge in [-0.2, -0.15) is 0 Å². The Labute approximate surface area is 140 Å². The number of nitrogens with zero attached hydrogens (tertiary/aromatic N) is 1. The van der Waals surface area contributed by atoms with Crippen LogP contribution < -0.4 is 5.32 Å². The Balaban J connectivity index is 2.70. The number of hydrogen-bond acceptors (Lipinski definition) is 4. The summed E-state index contributed by atoms with van der Waals surface area (Å²) in [5, 5.41) is 2.97. The molecule has 2 amide bonds. The van der Waals surface area contributed by atoms with Crippen molar-refractivity contribution in [3.63, 3.8) is 0 Å². The maximum atomic E-state index is 12.0. The summed E-state index contributed by atoms with van der Waals surface area (Å²) in [6.07, 6.45) is 0.979. The molecule has 0 aromatic heterocycles. The van der Waals surface area contributed by atoms with Gasteiger partial charge >= 0.3 is 5.97 Å². The van der Waals surface area contributed by atoms with E-state index in [1.165, 1.54) is 32.2 Å². The van der Waals surface area contributed by atoms with Crippen LogP contribution in [0.15, 0.2) is 18.2 Å². The lowest BCUT2D eigenvalue weighted by atomic mass is 10.2. The molecule has 0 saturated carbocycles. The van der Waals surface area contributed by atoms with Crippen molar-refractivity contribution < 1.29 is 19.1 Å². The van der Waals surface area contributed by atoms with Crippen molar-refractivity contribution in [2.45, 2.75) is 26.7 Å². The first-order chi connectivity index (χ1) is 10.9. The Morgan fingerprint density at radius 3 is 2.52 bits per heavy atom. The maximum Gasteiger partial charge on any atom is 0.337 e. The van der Waals surface area contributed by atoms with Gasteiger partial charge in [0.25, 0.3) is 0 Å². The highest BCUT2D eigenvalue weighted by Gasteiger charge is 2.13. The second-order valence-corrected chi connectivity index (χ2v) is 5.40. The lowest BCUT2D eigenvalue weighted by Gasteiger charge is -2.20. The first-order valence-electron chi connectivity index (χ1n) is 7.32. The van der Waals surface area contributed by atoms with Crippen LogP contribution in [0.3, 0.4) is 0 Å². The summed E-state index contributed by atoms with van der Waals surface area (Å²) >= 11 is 6.02. The molecule has 0 saturated heterocycles. The zero-order chi connectivity index (χ0) is 17.4. The van der Waals surface area contributed by atoms with Crippen LogP contribution in [0.25, 0.3) is 0 Å². The van der Waals surface area contributed by atoms with Crippen LogP contribution >= 0.6 is 11.6 Å². The number of benzene rings is 1. The van der Waals surface area contributed by atoms with Crippen molar-refractivity contribution in [3.05, 3.63) is 28.8 Å². The lowest BCUT2D eigenvalue weighted by Crippen LogP contribution is -2.32. The highest BCUT2D eigenvalue weighted by Crippen LogP contribution is 2.23. The Morgan fingerprint density at radius 1 is 1.26 bits per heavy atom. The number of carbonyl (C=O) groups is 3. The van der Waals surface area contributed by atoms with Gasteiger partial charge < -0.3 is 15.0 Å². The SMILES string of the molecule is CCCN(CCC(=O)Nc1cc(C(=O)OC)ccc1Cl)C(C)=O. The van der Waals surface area contributed by atoms with Gasteiger partial charge in [0.1, 0.15) is 0 Å². The van der Waals surface area contributed by atoms with Crippen LogP contribution in [0.5, 0.6) is 0 Å². The zero-order valence-electron chi connectivity index (χ0n) is 13.5. The number of anilines is 1. The van der Waals surface area contributed by atoms with Gasteiger partial charge in [0.15, 0.2) is 0 Å². The minimum absolute atomic E-state index is 0.0645. The third-order valence-electron chi connectivity index (χ3n) is 3.21. The van der Waals surface area contributed by atoms with E-state index in [1.807, 2.05) is 6.92 Å². The summed E-state index contributed by atoms with van der Waals surface area (Å²) < 4.78 is 4.63. The Hall–Kier alpha value is -2.08. The fourth-order valence-electron chi connectivity index (χ4n) is 2.01. The van der Waals surface area contributed by atoms with Crippen LogP contribution in [0.1, 0.15) is 37.0 Å². The van der Waals surface area contributed by atoms with E-state index >= 15 is 0 Å². The average Bonchev–Trinajstić information content (AvgIpc) is 2.52. The lowest BCUT2D eigenvalue weighted by molar-refractivity contribution is -0.129. The van der Waals surface area contributed by atoms with Crippen LogP contribution in [0, 0.1) is 0 Å². The molecule has 7 heteroatoms. The monoisotopic (exact) mass is 340 g/mol. The van der Waals surface area contributed by atoms with E-state index < -0.39 is 5.97 Å². The Kier molecular flexibility index (Phi) is 7.54. The number of methoxy groups -OCH3 is 1. The standard InChI is InChI=1S/C16H21ClN2O4/c1-4-8-19(11(2)20)9-7-15(21)18-14-10-12(16(22)23-3)5-6-13(14)17/h5-6,10H,4,7-9H2,1-3H3,(H,18,21). The molecule has 1 N–H and O–H groups in total. The number of halogens is 1. The summed E-state index contributed by atoms with van der Waals surface area (Å²) in [5.74, 6) is -0.857. The normalized spacial score (nSPS) is 10.1. The summed E-state index contributed by atoms with van der Waals surface area (Å²) in [7, 11) is 1.28. The van der Waals surface area contributed by atoms with Crippen LogP contribution in [-0.2, 0) is 14.3 Å². The van der Waals surface area contributed by atoms with E-state index in [1.54, 1.807) is 4.90 Å². The number of amides is 2. The van der Waals surface area contributed by atoms with Gasteiger partial charge in [-0.25, -0.2) is 4.79 Å². The van der Waals surface area contributed by atoms with Crippen LogP contribution in [0.2, 0.25) is 5.02 Å². The van der Waals surface area contributed by atoms with Gasteiger partial charge in [-0.15, -0.1) is 0 Å². The highest BCUT2D eigenvalue weighted by atomic mass is 35.5. The van der Waals surface area contributed by atoms with Gasteiger partial charge in [0.05, 0.1) is 23.4 Å². The minimum atomic E-state index is -0.511. The van der Waals surface area contributed by atoms with Gasteiger partial charge in [0, 0.05) is 26.4 Å². The number of ether oxygens (including phenoxy) is 1. The van der Waals surface area contributed by atoms with Crippen molar-refractivity contribution in [1.82, 2.24) is 4.90 Å². The smallest absolute Gasteiger partial charge is 0.337 e. The van der Waals surface area contributed by atoms with Crippen molar-refractivity contribution in [3.8, 4) is 0 Å². The fraction of sp³-hybridized carbons (Fsp3) is 0.438. The molecular weight excluding hydrogens is 320 g/mol. The predicted octanol–water partition coefficient (Wildman–Crippen LogP) is 2.71. The first-order valence-corrected chi connectivity index (χ1v) is 7.70. The largest absolute Gasteiger partial charge is 0.465 e. The third-order valence-corrected chi connectivity index (χ3v) is 3.54. The predicted molar refractivity (Wildman–Crippen MR) is 88.6 cm³/mol. The molecule has 0 fully saturated rings. The first kappa shape index (κ1) is 19.0. The van der Waals surface area contributed by atoms with E-state index in [4.69, 9.17) is 11.6 Å². The molecule has 0 heterocycles. The molecule has 0 bridgehead atoms. The number of hydrogen-bond donors (Lipinski definition) is 1. The van der Waals surface area contributed by atoms with Crippen molar-refractivity contribution >= 4 is 35.1 Å². The number of nitrogens with one attached hydrogen (secondary N) is 1. The quantitative estimate of drug-likeness (QED) is 0.774. The molecule has 0 atom stereocenters. The number of carbonyl (C=O) groups excluding carboxylic acids is 3. The average molecular weight is 341 g/mol. The Bertz CT molecular complexity index is 589. The van der Waals surface area contributed by atoms with Crippen molar-refractivity contribution in [1.29, 1.82) is 0 Å². The number of rotatable bonds is 7. The molecular formula is C16H21ClN2O4. The molecule has 0 aliphatic carbocycles. The number of esters is 1.